The summed E-state index contributed by atoms with van der Waals surface area (Å²) in [5.74, 6) is 0.551. The van der Waals surface area contributed by atoms with Crippen molar-refractivity contribution in [3.05, 3.63) is 17.8 Å². The molecule has 0 spiro atoms. The summed E-state index contributed by atoms with van der Waals surface area (Å²) in [4.78, 5) is 1.94. The highest BCUT2D eigenvalue weighted by atomic mass is 16.5. The van der Waals surface area contributed by atoms with Gasteiger partial charge in [-0.05, 0) is 19.9 Å². The van der Waals surface area contributed by atoms with E-state index in [4.69, 9.17) is 10.00 Å². The summed E-state index contributed by atoms with van der Waals surface area (Å²) in [6, 6.07) is 3.74. The fourth-order valence-corrected chi connectivity index (χ4v) is 2.20. The first-order chi connectivity index (χ1) is 8.55. The van der Waals surface area contributed by atoms with Gasteiger partial charge in [0.25, 0.3) is 0 Å². The molecule has 0 amide bonds. The molecule has 0 saturated carbocycles. The van der Waals surface area contributed by atoms with Crippen LogP contribution in [0.25, 0.3) is 0 Å². The van der Waals surface area contributed by atoms with Gasteiger partial charge in [-0.25, -0.2) is 0 Å². The normalized spacial score (nSPS) is 22.6. The smallest absolute Gasteiger partial charge is 0.169 e. The number of rotatable bonds is 2. The summed E-state index contributed by atoms with van der Waals surface area (Å²) < 4.78 is 5.73. The number of aliphatic hydroxyl groups excluding tert-OH is 1. The molecule has 0 aliphatic carbocycles. The Balaban J connectivity index is 2.30. The molecule has 6 heteroatoms. The van der Waals surface area contributed by atoms with Crippen LogP contribution in [0.5, 0.6) is 0 Å². The highest BCUT2D eigenvalue weighted by molar-refractivity contribution is 5.53. The molecule has 1 saturated heterocycles. The maximum atomic E-state index is 9.26. The minimum absolute atomic E-state index is 0.0535. The predicted molar refractivity (Wildman–Crippen MR) is 65.0 cm³/mol. The number of anilines is 1. The minimum Gasteiger partial charge on any atom is -0.394 e. The Morgan fingerprint density at radius 1 is 1.67 bits per heavy atom. The third kappa shape index (κ3) is 2.58. The van der Waals surface area contributed by atoms with Gasteiger partial charge in [0.1, 0.15) is 6.07 Å². The van der Waals surface area contributed by atoms with E-state index in [-0.39, 0.29) is 12.7 Å². The molecule has 1 aromatic heterocycles. The van der Waals surface area contributed by atoms with Crippen molar-refractivity contribution in [1.29, 1.82) is 5.26 Å². The first-order valence-electron chi connectivity index (χ1n) is 5.81. The predicted octanol–water partition coefficient (Wildman–Crippen LogP) is 0.324. The Kier molecular flexibility index (Phi) is 3.45. The van der Waals surface area contributed by atoms with Gasteiger partial charge in [0.2, 0.25) is 0 Å². The van der Waals surface area contributed by atoms with Crippen LogP contribution in [0.15, 0.2) is 12.3 Å². The second kappa shape index (κ2) is 4.88. The standard InChI is InChI=1S/C12H16N4O2/c1-12(2)8-16(6-10(7-17)18-12)11-9(5-13)3-4-14-15-11/h3-4,10,17H,6-8H2,1-2H3. The van der Waals surface area contributed by atoms with Crippen LogP contribution < -0.4 is 4.90 Å². The van der Waals surface area contributed by atoms with E-state index >= 15 is 0 Å². The lowest BCUT2D eigenvalue weighted by Crippen LogP contribution is -2.54. The molecule has 2 heterocycles. The Morgan fingerprint density at radius 2 is 2.44 bits per heavy atom. The minimum atomic E-state index is -0.393. The topological polar surface area (TPSA) is 82.3 Å². The van der Waals surface area contributed by atoms with E-state index < -0.39 is 5.60 Å². The number of nitrogens with zero attached hydrogens (tertiary/aromatic N) is 4. The van der Waals surface area contributed by atoms with Crippen molar-refractivity contribution in [2.45, 2.75) is 25.6 Å². The number of hydrogen-bond donors (Lipinski definition) is 1. The molecule has 0 aromatic carbocycles. The second-order valence-corrected chi connectivity index (χ2v) is 4.94. The average Bonchev–Trinajstić information content (AvgIpc) is 2.36. The van der Waals surface area contributed by atoms with Gasteiger partial charge in [-0.2, -0.15) is 10.4 Å². The monoisotopic (exact) mass is 248 g/mol. The van der Waals surface area contributed by atoms with Crippen LogP contribution in [0.4, 0.5) is 5.82 Å². The first kappa shape index (κ1) is 12.7. The molecule has 0 radical (unpaired) electrons. The largest absolute Gasteiger partial charge is 0.394 e. The number of aliphatic hydroxyl groups is 1. The summed E-state index contributed by atoms with van der Waals surface area (Å²) in [6.45, 7) is 4.96. The summed E-state index contributed by atoms with van der Waals surface area (Å²) in [6.07, 6.45) is 1.22. The molecular formula is C12H16N4O2. The zero-order chi connectivity index (χ0) is 13.2. The van der Waals surface area contributed by atoms with E-state index in [0.717, 1.165) is 0 Å². The van der Waals surface area contributed by atoms with Crippen molar-refractivity contribution in [3.8, 4) is 6.07 Å². The molecule has 2 rings (SSSR count). The van der Waals surface area contributed by atoms with Crippen LogP contribution in [0.1, 0.15) is 19.4 Å². The van der Waals surface area contributed by atoms with E-state index in [9.17, 15) is 5.11 Å². The molecule has 1 fully saturated rings. The van der Waals surface area contributed by atoms with Gasteiger partial charge in [-0.1, -0.05) is 0 Å². The molecule has 18 heavy (non-hydrogen) atoms. The molecule has 6 nitrogen and oxygen atoms in total. The van der Waals surface area contributed by atoms with Crippen molar-refractivity contribution in [2.75, 3.05) is 24.6 Å². The van der Waals surface area contributed by atoms with Crippen molar-refractivity contribution >= 4 is 5.82 Å². The van der Waals surface area contributed by atoms with Crippen LogP contribution in [-0.2, 0) is 4.74 Å². The van der Waals surface area contributed by atoms with Crippen LogP contribution in [0, 0.1) is 11.3 Å². The lowest BCUT2D eigenvalue weighted by atomic mass is 10.0. The quantitative estimate of drug-likeness (QED) is 0.812. The van der Waals surface area contributed by atoms with E-state index in [1.54, 1.807) is 6.07 Å². The van der Waals surface area contributed by atoms with Crippen LogP contribution in [0.2, 0.25) is 0 Å². The first-order valence-corrected chi connectivity index (χ1v) is 5.81. The van der Waals surface area contributed by atoms with E-state index in [1.807, 2.05) is 18.7 Å². The molecule has 0 bridgehead atoms. The van der Waals surface area contributed by atoms with E-state index in [0.29, 0.717) is 24.5 Å². The van der Waals surface area contributed by atoms with Gasteiger partial charge in [0.05, 0.1) is 30.1 Å². The van der Waals surface area contributed by atoms with Crippen molar-refractivity contribution in [3.63, 3.8) is 0 Å². The van der Waals surface area contributed by atoms with Gasteiger partial charge in [-0.15, -0.1) is 5.10 Å². The maximum absolute atomic E-state index is 9.26. The summed E-state index contributed by atoms with van der Waals surface area (Å²) in [7, 11) is 0. The van der Waals surface area contributed by atoms with Gasteiger partial charge in [0, 0.05) is 13.1 Å². The Labute approximate surface area is 106 Å². The molecule has 1 N–H and O–H groups in total. The average molecular weight is 248 g/mol. The van der Waals surface area contributed by atoms with Gasteiger partial charge >= 0.3 is 0 Å². The third-order valence-electron chi connectivity index (χ3n) is 2.81. The third-order valence-corrected chi connectivity index (χ3v) is 2.81. The van der Waals surface area contributed by atoms with Gasteiger partial charge in [-0.3, -0.25) is 0 Å². The van der Waals surface area contributed by atoms with Gasteiger partial charge < -0.3 is 14.7 Å². The summed E-state index contributed by atoms with van der Waals surface area (Å²) in [5, 5.41) is 26.2. The fourth-order valence-electron chi connectivity index (χ4n) is 2.20. The number of morpholine rings is 1. The van der Waals surface area contributed by atoms with Crippen LogP contribution in [0.3, 0.4) is 0 Å². The highest BCUT2D eigenvalue weighted by Crippen LogP contribution is 2.26. The highest BCUT2D eigenvalue weighted by Gasteiger charge is 2.34. The molecule has 1 atom stereocenters. The molecule has 1 aromatic rings. The fraction of sp³-hybridized carbons (Fsp3) is 0.583. The van der Waals surface area contributed by atoms with Crippen LogP contribution in [-0.4, -0.2) is 46.7 Å². The number of hydrogen-bond acceptors (Lipinski definition) is 6. The van der Waals surface area contributed by atoms with E-state index in [2.05, 4.69) is 16.3 Å². The molecule has 96 valence electrons. The lowest BCUT2D eigenvalue weighted by Gasteiger charge is -2.42. The zero-order valence-corrected chi connectivity index (χ0v) is 10.5. The molecule has 1 aliphatic heterocycles. The number of ether oxygens (including phenoxy) is 1. The maximum Gasteiger partial charge on any atom is 0.169 e. The van der Waals surface area contributed by atoms with Gasteiger partial charge in [0.15, 0.2) is 5.82 Å². The summed E-state index contributed by atoms with van der Waals surface area (Å²) >= 11 is 0. The van der Waals surface area contributed by atoms with Crippen molar-refractivity contribution < 1.29 is 9.84 Å². The zero-order valence-electron chi connectivity index (χ0n) is 10.5. The molecule has 1 aliphatic rings. The Bertz CT molecular complexity index is 469. The Hall–Kier alpha value is -1.71. The van der Waals surface area contributed by atoms with Crippen molar-refractivity contribution in [2.24, 2.45) is 0 Å². The SMILES string of the molecule is CC1(C)CN(c2nnccc2C#N)CC(CO)O1. The van der Waals surface area contributed by atoms with Crippen molar-refractivity contribution in [1.82, 2.24) is 10.2 Å². The lowest BCUT2D eigenvalue weighted by molar-refractivity contribution is -0.101. The second-order valence-electron chi connectivity index (χ2n) is 4.94. The molecular weight excluding hydrogens is 232 g/mol. The number of nitriles is 1. The summed E-state index contributed by atoms with van der Waals surface area (Å²) in [5.41, 5.74) is 0.0926. The van der Waals surface area contributed by atoms with Crippen LogP contribution >= 0.6 is 0 Å². The molecule has 1 unspecified atom stereocenters. The Morgan fingerprint density at radius 3 is 3.11 bits per heavy atom. The van der Waals surface area contributed by atoms with E-state index in [1.165, 1.54) is 6.20 Å². The number of aromatic nitrogens is 2.